The molecule has 0 atom stereocenters. The minimum Gasteiger partial charge on any atom is -0.478 e. The monoisotopic (exact) mass is 1690 g/mol. The first-order valence-corrected chi connectivity index (χ1v) is 47.2. The van der Waals surface area contributed by atoms with Crippen LogP contribution in [0.25, 0.3) is 134 Å². The predicted octanol–water partition coefficient (Wildman–Crippen LogP) is 24.4. The van der Waals surface area contributed by atoms with E-state index in [0.29, 0.717) is 30.8 Å². The number of fused-ring (bicyclic) bond motifs is 6. The number of carbonyl (C=O) groups is 3. The van der Waals surface area contributed by atoms with E-state index in [1.54, 1.807) is 18.2 Å². The fourth-order valence-electron chi connectivity index (χ4n) is 16.8. The van der Waals surface area contributed by atoms with Gasteiger partial charge in [0, 0.05) is 95.9 Å². The molecule has 0 bridgehead atoms. The second-order valence-corrected chi connectivity index (χ2v) is 40.2. The van der Waals surface area contributed by atoms with Gasteiger partial charge in [0.15, 0.2) is 0 Å². The molecule has 1 aliphatic rings. The lowest BCUT2D eigenvalue weighted by molar-refractivity contribution is -0.116. The van der Waals surface area contributed by atoms with Gasteiger partial charge in [0.1, 0.15) is 41.5 Å². The van der Waals surface area contributed by atoms with Crippen LogP contribution in [0.3, 0.4) is 0 Å². The number of carboxylic acids is 1. The van der Waals surface area contributed by atoms with E-state index in [1.807, 2.05) is 103 Å². The number of carboxylic acid groups (broad SMARTS) is 1. The molecule has 21 heteroatoms. The summed E-state index contributed by atoms with van der Waals surface area (Å²) < 4.78 is 13.5. The Hall–Kier alpha value is -13.8. The smallest absolute Gasteiger partial charge is 0.336 e. The molecule has 0 unspecified atom stereocenters. The number of benzene rings is 12. The first-order chi connectivity index (χ1) is 60.4. The number of rotatable bonds is 21. The van der Waals surface area contributed by atoms with Crippen molar-refractivity contribution in [1.29, 1.82) is 0 Å². The molecule has 1 aliphatic heterocycles. The zero-order chi connectivity index (χ0) is 87.5. The maximum Gasteiger partial charge on any atom is 0.336 e. The minimum atomic E-state index is -0.921. The van der Waals surface area contributed by atoms with Crippen molar-refractivity contribution in [1.82, 2.24) is 57.3 Å². The number of aryl methyl sites for hydroxylation is 9. The Morgan fingerprint density at radius 3 is 1.02 bits per heavy atom. The predicted molar refractivity (Wildman–Crippen MR) is 511 cm³/mol. The van der Waals surface area contributed by atoms with Gasteiger partial charge in [0.25, 0.3) is 11.1 Å². The van der Waals surface area contributed by atoms with Gasteiger partial charge in [0.2, 0.25) is 0 Å². The summed E-state index contributed by atoms with van der Waals surface area (Å²) in [7, 11) is 5.60. The Morgan fingerprint density at radius 2 is 0.696 bits per heavy atom. The molecule has 1 amide bonds. The average molecular weight is 1690 g/mol. The minimum absolute atomic E-state index is 0.0873. The van der Waals surface area contributed by atoms with Crippen LogP contribution in [-0.4, -0.2) is 94.2 Å². The van der Waals surface area contributed by atoms with Crippen molar-refractivity contribution in [3.05, 3.63) is 317 Å². The molecule has 0 radical (unpaired) electrons. The van der Waals surface area contributed by atoms with Crippen molar-refractivity contribution in [3.63, 3.8) is 0 Å². The molecule has 0 saturated carbocycles. The van der Waals surface area contributed by atoms with Crippen molar-refractivity contribution in [2.75, 3.05) is 11.6 Å². The number of anilines is 1. The fourth-order valence-corrected chi connectivity index (χ4v) is 17.0. The summed E-state index contributed by atoms with van der Waals surface area (Å²) in [5, 5.41) is 18.5. The molecule has 12 aromatic carbocycles. The first-order valence-electron chi connectivity index (χ1n) is 42.8. The van der Waals surface area contributed by atoms with Crippen molar-refractivity contribution in [2.45, 2.75) is 126 Å². The van der Waals surface area contributed by atoms with Gasteiger partial charge >= 0.3 is 5.97 Å². The van der Waals surface area contributed by atoms with Crippen LogP contribution in [-0.2, 0) is 64.8 Å². The summed E-state index contributed by atoms with van der Waals surface area (Å²) >= 11 is 5.83. The molecule has 1 N–H and O–H groups in total. The number of hydrogen-bond donors (Lipinski definition) is 1. The molecule has 0 fully saturated rings. The quantitative estimate of drug-likeness (QED) is 0.0532. The van der Waals surface area contributed by atoms with E-state index < -0.39 is 19.3 Å². The Kier molecular flexibility index (Phi) is 24.6. The highest BCUT2D eigenvalue weighted by Crippen LogP contribution is 2.39. The summed E-state index contributed by atoms with van der Waals surface area (Å²) in [5.41, 5.74) is 29.8. The number of nitrogens with zero attached hydrogens (tertiary/aromatic N) is 15. The van der Waals surface area contributed by atoms with Gasteiger partial charge in [-0.05, 0) is 204 Å². The van der Waals surface area contributed by atoms with E-state index in [1.165, 1.54) is 10.6 Å². The second-order valence-electron chi connectivity index (χ2n) is 33.9. The van der Waals surface area contributed by atoms with E-state index in [2.05, 4.69) is 260 Å². The van der Waals surface area contributed by atoms with E-state index in [-0.39, 0.29) is 12.5 Å². The maximum absolute atomic E-state index is 12.3. The Balaban J connectivity index is 0.000000135. The summed E-state index contributed by atoms with van der Waals surface area (Å²) in [6.45, 7) is 24.4. The zero-order valence-electron chi connectivity index (χ0n) is 73.1. The van der Waals surface area contributed by atoms with E-state index in [0.717, 1.165) is 223 Å². The van der Waals surface area contributed by atoms with Crippen LogP contribution < -0.4 is 5.01 Å². The number of imidazole rings is 6. The number of carbonyl (C=O) groups excluding carboxylic acids is 2. The molecule has 18 aromatic rings. The number of para-hydroxylation sites is 7. The number of aromatic carboxylic acids is 1. The second kappa shape index (κ2) is 36.3. The van der Waals surface area contributed by atoms with Crippen LogP contribution in [0.2, 0.25) is 26.2 Å². The zero-order valence-corrected chi connectivity index (χ0v) is 74.8. The summed E-state index contributed by atoms with van der Waals surface area (Å²) in [6.07, 6.45) is 5.73. The molecular formula is C104H102ClN15O4Si. The topological polar surface area (TPSA) is 206 Å². The fraction of sp³-hybridized carbons (Fsp3) is 0.221. The molecule has 0 aliphatic carbocycles. The molecule has 125 heavy (non-hydrogen) atoms. The van der Waals surface area contributed by atoms with Crippen LogP contribution >= 0.6 is 11.6 Å². The van der Waals surface area contributed by atoms with Gasteiger partial charge in [-0.1, -0.05) is 216 Å². The van der Waals surface area contributed by atoms with Crippen LogP contribution in [0, 0.1) is 20.8 Å². The van der Waals surface area contributed by atoms with Crippen molar-refractivity contribution in [2.24, 2.45) is 31.5 Å². The molecular weight excluding hydrogens is 1590 g/mol. The summed E-state index contributed by atoms with van der Waals surface area (Å²) in [6, 6.07) is 85.4. The lowest BCUT2D eigenvalue weighted by atomic mass is 9.98. The van der Waals surface area contributed by atoms with Gasteiger partial charge in [0.05, 0.1) is 77.5 Å². The van der Waals surface area contributed by atoms with Gasteiger partial charge in [-0.25, -0.2) is 34.7 Å². The maximum atomic E-state index is 12.3. The Labute approximate surface area is 734 Å². The molecule has 7 heterocycles. The lowest BCUT2D eigenvalue weighted by Gasteiger charge is -2.16. The number of hydrogen-bond acceptors (Lipinski definition) is 11. The molecule has 0 spiro atoms. The number of aromatic nitrogens is 12. The van der Waals surface area contributed by atoms with E-state index >= 15 is 0 Å². The standard InChI is InChI=1S/C34H31N7O.C33H29ClN4O.C33H30N4O2.C4H12Si/c1-4-9-31-37-33-22(2)18-25(34-36-27-11-6-8-13-29(27)39(34)3)19-30(33)40(31)21-23-14-16-24(17-15-23)26-10-5-7-12-28(26)41-32(42)20-35-38-41;1-4-9-30-36-31-21(2)18-24(33-35-27-12-7-8-13-28(27)37(33)3)19-29(31)38(30)20-22-14-16-23(17-15-22)25-10-5-6-11-26(25)32(34)39;1-4-9-30-35-31-21(2)18-24(32-34-27-12-7-8-13-28(27)36(32)3)19-29(31)37(30)20-22-14-16-23(17-15-22)25-10-5-6-11-26(25)33(38)39;1-5(2,3)4/h5-8,10-19H,4,9,20-21H2,1-3H3;5-8,10-19H,4,9,20H2,1-3H3;5-8,10-19H,4,9,20H2,1-3H3,(H,38,39);1-4H3. The van der Waals surface area contributed by atoms with Crippen molar-refractivity contribution >= 4 is 109 Å². The van der Waals surface area contributed by atoms with Crippen LogP contribution in [0.15, 0.2) is 265 Å². The van der Waals surface area contributed by atoms with Crippen molar-refractivity contribution < 1.29 is 19.5 Å². The summed E-state index contributed by atoms with van der Waals surface area (Å²) in [5.74, 6) is 5.03. The van der Waals surface area contributed by atoms with Crippen LogP contribution in [0.5, 0.6) is 0 Å². The number of halogens is 1. The average Bonchev–Trinajstić information content (AvgIpc) is 1.62. The highest BCUT2D eigenvalue weighted by Gasteiger charge is 2.26. The first kappa shape index (κ1) is 84.8. The van der Waals surface area contributed by atoms with Gasteiger partial charge in [-0.15, -0.1) is 0 Å². The third kappa shape index (κ3) is 17.8. The third-order valence-electron chi connectivity index (χ3n) is 22.8. The molecule has 628 valence electrons. The highest BCUT2D eigenvalue weighted by molar-refractivity contribution is 6.74. The van der Waals surface area contributed by atoms with Gasteiger partial charge in [-0.2, -0.15) is 10.1 Å². The Morgan fingerprint density at radius 1 is 0.384 bits per heavy atom. The summed E-state index contributed by atoms with van der Waals surface area (Å²) in [4.78, 5) is 66.0. The largest absolute Gasteiger partial charge is 0.478 e. The molecule has 0 saturated heterocycles. The van der Waals surface area contributed by atoms with E-state index in [4.69, 9.17) is 41.5 Å². The van der Waals surface area contributed by atoms with Crippen LogP contribution in [0.1, 0.15) is 112 Å². The van der Waals surface area contributed by atoms with Crippen molar-refractivity contribution in [3.8, 4) is 67.5 Å². The molecule has 19 nitrogen and oxygen atoms in total. The number of amides is 1. The third-order valence-corrected chi connectivity index (χ3v) is 23.0. The SMILES string of the molecule is CCCc1nc2c(C)cc(-c3nc4ccccc4n3C)cc2n1Cc1ccc(-c2ccccc2C(=O)Cl)cc1.CCCc1nc2c(C)cc(-c3nc4ccccc4n3C)cc2n1Cc1ccc(-c2ccccc2C(=O)O)cc1.CCCc1nc2c(C)cc(-c3nc4ccccc4n3C)cc2n1Cc1ccc(-c2ccccc2N2N=NCC2=O)cc1.C[Si](C)(C)C. The van der Waals surface area contributed by atoms with E-state index in [9.17, 15) is 19.5 Å². The Bertz CT molecular complexity index is 6860. The normalized spacial score (nSPS) is 12.1. The highest BCUT2D eigenvalue weighted by atomic mass is 35.5. The van der Waals surface area contributed by atoms with Gasteiger partial charge in [-0.3, -0.25) is 9.59 Å². The van der Waals surface area contributed by atoms with Gasteiger partial charge < -0.3 is 32.5 Å². The lowest BCUT2D eigenvalue weighted by Crippen LogP contribution is -2.22. The molecule has 6 aromatic heterocycles. The molecule has 19 rings (SSSR count). The van der Waals surface area contributed by atoms with Crippen LogP contribution in [0.4, 0.5) is 5.69 Å².